The number of amides is 1. The first kappa shape index (κ1) is 16.3. The molecule has 120 valence electrons. The summed E-state index contributed by atoms with van der Waals surface area (Å²) in [5.41, 5.74) is -0.0435. The zero-order chi connectivity index (χ0) is 17.1. The maximum atomic E-state index is 13.3. The summed E-state index contributed by atoms with van der Waals surface area (Å²) in [4.78, 5) is 28.2. The Labute approximate surface area is 130 Å². The van der Waals surface area contributed by atoms with Gasteiger partial charge in [-0.3, -0.25) is 9.69 Å². The van der Waals surface area contributed by atoms with Crippen LogP contribution in [0.1, 0.15) is 5.56 Å². The van der Waals surface area contributed by atoms with E-state index in [1.54, 1.807) is 0 Å². The van der Waals surface area contributed by atoms with E-state index >= 15 is 0 Å². The number of hydrogen-bond donors (Lipinski definition) is 1. The molecule has 1 aliphatic rings. The van der Waals surface area contributed by atoms with Gasteiger partial charge in [0.05, 0.1) is 7.11 Å². The number of rotatable bonds is 3. The number of aromatic hydroxyl groups is 1. The van der Waals surface area contributed by atoms with Gasteiger partial charge in [0.25, 0.3) is 5.91 Å². The Morgan fingerprint density at radius 1 is 1.35 bits per heavy atom. The van der Waals surface area contributed by atoms with Crippen molar-refractivity contribution in [2.45, 2.75) is 0 Å². The predicted molar refractivity (Wildman–Crippen MR) is 77.4 cm³/mol. The highest BCUT2D eigenvalue weighted by atomic mass is 19.1. The lowest BCUT2D eigenvalue weighted by Gasteiger charge is -2.07. The number of methoxy groups -OCH3 is 1. The standard InChI is InChI=1S/C15H12F2N2O4/c1-19-12(3-4-13(20)23-2)18-11(15(19)22)7-8-5-9(16)14(21)10(17)6-8/h3-7,21H,1-2H3/b4-3-,11-7?. The first-order chi connectivity index (χ1) is 10.8. The van der Waals surface area contributed by atoms with Crippen LogP contribution < -0.4 is 0 Å². The molecule has 1 aliphatic heterocycles. The van der Waals surface area contributed by atoms with Gasteiger partial charge in [-0.25, -0.2) is 18.6 Å². The summed E-state index contributed by atoms with van der Waals surface area (Å²) in [6, 6.07) is 1.74. The van der Waals surface area contributed by atoms with Crippen LogP contribution in [0.4, 0.5) is 8.78 Å². The van der Waals surface area contributed by atoms with E-state index in [0.717, 1.165) is 18.2 Å². The maximum absolute atomic E-state index is 13.3. The van der Waals surface area contributed by atoms with Crippen LogP contribution in [0.2, 0.25) is 0 Å². The molecule has 0 fully saturated rings. The molecule has 0 radical (unpaired) electrons. The number of ether oxygens (including phenoxy) is 1. The molecule has 0 saturated heterocycles. The number of hydrogen-bond acceptors (Lipinski definition) is 5. The Kier molecular flexibility index (Phi) is 4.54. The van der Waals surface area contributed by atoms with E-state index in [0.29, 0.717) is 0 Å². The highest BCUT2D eigenvalue weighted by Gasteiger charge is 2.25. The third-order valence-corrected chi connectivity index (χ3v) is 3.01. The van der Waals surface area contributed by atoms with Gasteiger partial charge in [0.1, 0.15) is 11.5 Å². The molecule has 0 aromatic heterocycles. The summed E-state index contributed by atoms with van der Waals surface area (Å²) in [5, 5.41) is 9.05. The number of amidine groups is 1. The average Bonchev–Trinajstić information content (AvgIpc) is 2.78. The molecule has 0 bridgehead atoms. The number of carbonyl (C=O) groups is 2. The smallest absolute Gasteiger partial charge is 0.330 e. The van der Waals surface area contributed by atoms with E-state index in [9.17, 15) is 18.4 Å². The number of carbonyl (C=O) groups excluding carboxylic acids is 2. The Morgan fingerprint density at radius 2 is 1.96 bits per heavy atom. The number of halogens is 2. The quantitative estimate of drug-likeness (QED) is 0.677. The largest absolute Gasteiger partial charge is 0.503 e. The van der Waals surface area contributed by atoms with Crippen molar-refractivity contribution in [3.63, 3.8) is 0 Å². The summed E-state index contributed by atoms with van der Waals surface area (Å²) >= 11 is 0. The van der Waals surface area contributed by atoms with Crippen molar-refractivity contribution in [3.05, 3.63) is 47.2 Å². The zero-order valence-electron chi connectivity index (χ0n) is 12.2. The second-order valence-electron chi connectivity index (χ2n) is 4.55. The van der Waals surface area contributed by atoms with Crippen LogP contribution >= 0.6 is 0 Å². The van der Waals surface area contributed by atoms with Crippen molar-refractivity contribution in [1.29, 1.82) is 0 Å². The maximum Gasteiger partial charge on any atom is 0.330 e. The van der Waals surface area contributed by atoms with Gasteiger partial charge in [0.2, 0.25) is 0 Å². The zero-order valence-corrected chi connectivity index (χ0v) is 12.2. The minimum Gasteiger partial charge on any atom is -0.503 e. The average molecular weight is 322 g/mol. The van der Waals surface area contributed by atoms with E-state index in [4.69, 9.17) is 5.11 Å². The van der Waals surface area contributed by atoms with Crippen molar-refractivity contribution < 1.29 is 28.2 Å². The summed E-state index contributed by atoms with van der Waals surface area (Å²) in [6.45, 7) is 0. The van der Waals surface area contributed by atoms with E-state index in [1.807, 2.05) is 0 Å². The molecule has 1 N–H and O–H groups in total. The van der Waals surface area contributed by atoms with Gasteiger partial charge in [-0.05, 0) is 29.8 Å². The summed E-state index contributed by atoms with van der Waals surface area (Å²) in [5.74, 6) is -4.34. The first-order valence-electron chi connectivity index (χ1n) is 6.36. The van der Waals surface area contributed by atoms with Crippen LogP contribution in [-0.2, 0) is 14.3 Å². The van der Waals surface area contributed by atoms with Crippen molar-refractivity contribution in [3.8, 4) is 5.75 Å². The number of esters is 1. The highest BCUT2D eigenvalue weighted by Crippen LogP contribution is 2.24. The summed E-state index contributed by atoms with van der Waals surface area (Å²) < 4.78 is 31.0. The lowest BCUT2D eigenvalue weighted by Crippen LogP contribution is -2.26. The Morgan fingerprint density at radius 3 is 2.52 bits per heavy atom. The molecule has 0 unspecified atom stereocenters. The van der Waals surface area contributed by atoms with Gasteiger partial charge in [-0.2, -0.15) is 0 Å². The van der Waals surface area contributed by atoms with Crippen molar-refractivity contribution in [2.75, 3.05) is 14.2 Å². The SMILES string of the molecule is COC(=O)/C=C\C1=NC(=Cc2cc(F)c(O)c(F)c2)C(=O)N1C. The lowest BCUT2D eigenvalue weighted by molar-refractivity contribution is -0.134. The molecule has 0 aliphatic carbocycles. The summed E-state index contributed by atoms with van der Waals surface area (Å²) in [6.07, 6.45) is 3.54. The molecule has 6 nitrogen and oxygen atoms in total. The van der Waals surface area contributed by atoms with Crippen LogP contribution in [0.5, 0.6) is 5.75 Å². The lowest BCUT2D eigenvalue weighted by atomic mass is 10.1. The number of likely N-dealkylation sites (N-methyl/N-ethyl adjacent to an activating group) is 1. The molecule has 1 aromatic rings. The molecule has 1 amide bonds. The number of benzene rings is 1. The molecule has 0 atom stereocenters. The molecule has 8 heteroatoms. The fourth-order valence-corrected chi connectivity index (χ4v) is 1.80. The molecule has 0 saturated carbocycles. The fourth-order valence-electron chi connectivity index (χ4n) is 1.80. The van der Waals surface area contributed by atoms with Crippen LogP contribution in [0.15, 0.2) is 35.0 Å². The van der Waals surface area contributed by atoms with Gasteiger partial charge >= 0.3 is 5.97 Å². The fraction of sp³-hybridized carbons (Fsp3) is 0.133. The molecule has 2 rings (SSSR count). The number of aliphatic imine (C=N–C) groups is 1. The molecule has 23 heavy (non-hydrogen) atoms. The van der Waals surface area contributed by atoms with Gasteiger partial charge < -0.3 is 9.84 Å². The Hall–Kier alpha value is -3.03. The van der Waals surface area contributed by atoms with Crippen LogP contribution in [-0.4, -0.2) is 41.9 Å². The van der Waals surface area contributed by atoms with Gasteiger partial charge in [0, 0.05) is 13.1 Å². The minimum absolute atomic E-state index is 0.0245. The molecule has 0 spiro atoms. The molecular weight excluding hydrogens is 310 g/mol. The van der Waals surface area contributed by atoms with Gasteiger partial charge in [-0.15, -0.1) is 0 Å². The van der Waals surface area contributed by atoms with Crippen molar-refractivity contribution in [2.24, 2.45) is 4.99 Å². The third-order valence-electron chi connectivity index (χ3n) is 3.01. The number of phenols is 1. The van der Waals surface area contributed by atoms with Crippen LogP contribution in [0.25, 0.3) is 6.08 Å². The second kappa shape index (κ2) is 6.39. The first-order valence-corrected chi connectivity index (χ1v) is 6.36. The van der Waals surface area contributed by atoms with Crippen LogP contribution in [0.3, 0.4) is 0 Å². The minimum atomic E-state index is -1.15. The van der Waals surface area contributed by atoms with Crippen molar-refractivity contribution >= 4 is 23.8 Å². The van der Waals surface area contributed by atoms with Crippen molar-refractivity contribution in [1.82, 2.24) is 4.90 Å². The Bertz CT molecular complexity index is 746. The number of nitrogens with zero attached hydrogens (tertiary/aromatic N) is 2. The predicted octanol–water partition coefficient (Wildman–Crippen LogP) is 1.61. The van der Waals surface area contributed by atoms with E-state index in [2.05, 4.69) is 9.73 Å². The highest BCUT2D eigenvalue weighted by molar-refractivity contribution is 6.18. The topological polar surface area (TPSA) is 79.2 Å². The second-order valence-corrected chi connectivity index (χ2v) is 4.55. The summed E-state index contributed by atoms with van der Waals surface area (Å²) in [7, 11) is 2.64. The van der Waals surface area contributed by atoms with Gasteiger partial charge in [0.15, 0.2) is 17.4 Å². The van der Waals surface area contributed by atoms with E-state index < -0.39 is 29.3 Å². The van der Waals surface area contributed by atoms with E-state index in [1.165, 1.54) is 31.2 Å². The third kappa shape index (κ3) is 3.42. The molecule has 1 heterocycles. The normalized spacial score (nSPS) is 16.3. The van der Waals surface area contributed by atoms with Crippen LogP contribution in [0, 0.1) is 11.6 Å². The van der Waals surface area contributed by atoms with Gasteiger partial charge in [-0.1, -0.05) is 0 Å². The Balaban J connectivity index is 2.35. The monoisotopic (exact) mass is 322 g/mol. The van der Waals surface area contributed by atoms with E-state index in [-0.39, 0.29) is 17.1 Å². The molecular formula is C15H12F2N2O4. The number of phenolic OH excluding ortho intramolecular Hbond substituents is 1. The molecule has 1 aromatic carbocycles.